The molecule has 212 valence electrons. The Kier molecular flexibility index (Phi) is 8.39. The van der Waals surface area contributed by atoms with Crippen LogP contribution in [0.5, 0.6) is 5.75 Å². The summed E-state index contributed by atoms with van der Waals surface area (Å²) in [7, 11) is 1.64. The maximum Gasteiger partial charge on any atom is 0.241 e. The number of rotatable bonds is 9. The highest BCUT2D eigenvalue weighted by molar-refractivity contribution is 5.78. The predicted octanol–water partition coefficient (Wildman–Crippen LogP) is 4.83. The molecule has 0 spiro atoms. The first kappa shape index (κ1) is 27.2. The molecule has 1 saturated heterocycles. The molecule has 2 aliphatic rings. The predicted molar refractivity (Wildman–Crippen MR) is 157 cm³/mol. The van der Waals surface area contributed by atoms with Gasteiger partial charge in [0.05, 0.1) is 13.7 Å². The Balaban J connectivity index is 0.946. The Hall–Kier alpha value is -4.01. The first-order chi connectivity index (χ1) is 20.1. The van der Waals surface area contributed by atoms with E-state index in [9.17, 15) is 4.79 Å². The van der Waals surface area contributed by atoms with Gasteiger partial charge in [-0.3, -0.25) is 14.6 Å². The Bertz CT molecular complexity index is 1460. The van der Waals surface area contributed by atoms with E-state index >= 15 is 0 Å². The summed E-state index contributed by atoms with van der Waals surface area (Å²) in [5, 5.41) is 7.32. The number of ether oxygens (including phenoxy) is 1. The number of piperidine rings is 1. The average Bonchev–Trinajstić information content (AvgIpc) is 3.49. The zero-order chi connectivity index (χ0) is 28.0. The van der Waals surface area contributed by atoms with Crippen LogP contribution in [0.4, 0.5) is 0 Å². The minimum Gasteiger partial charge on any atom is -0.497 e. The molecular weight excluding hydrogens is 514 g/mol. The highest BCUT2D eigenvalue weighted by Gasteiger charge is 2.26. The molecule has 0 bridgehead atoms. The van der Waals surface area contributed by atoms with Gasteiger partial charge in [0, 0.05) is 37.7 Å². The zero-order valence-corrected chi connectivity index (χ0v) is 23.6. The molecule has 4 aromatic rings. The molecule has 6 rings (SSSR count). The van der Waals surface area contributed by atoms with Crippen molar-refractivity contribution in [3.8, 4) is 17.1 Å². The van der Waals surface area contributed by atoms with E-state index in [1.807, 2.05) is 24.3 Å². The number of likely N-dealkylation sites (tertiary alicyclic amines) is 1. The van der Waals surface area contributed by atoms with Crippen LogP contribution in [0.1, 0.15) is 41.0 Å². The topological polar surface area (TPSA) is 83.7 Å². The Labute approximate surface area is 241 Å². The number of hydrogen-bond acceptors (Lipinski definition) is 7. The van der Waals surface area contributed by atoms with Crippen molar-refractivity contribution in [3.63, 3.8) is 0 Å². The smallest absolute Gasteiger partial charge is 0.241 e. The van der Waals surface area contributed by atoms with Gasteiger partial charge >= 0.3 is 0 Å². The number of carbonyl (C=O) groups excluding carboxylic acids is 1. The van der Waals surface area contributed by atoms with Gasteiger partial charge in [-0.1, -0.05) is 53.7 Å². The summed E-state index contributed by atoms with van der Waals surface area (Å²) in [6, 6.07) is 25.0. The molecule has 41 heavy (non-hydrogen) atoms. The maximum atomic E-state index is 13.0. The van der Waals surface area contributed by atoms with E-state index in [0.29, 0.717) is 24.8 Å². The van der Waals surface area contributed by atoms with Crippen LogP contribution < -0.4 is 10.1 Å². The third kappa shape index (κ3) is 6.84. The fraction of sp³-hybridized carbons (Fsp3) is 0.364. The minimum atomic E-state index is 0.0281. The third-order valence-electron chi connectivity index (χ3n) is 8.21. The fourth-order valence-electron chi connectivity index (χ4n) is 5.84. The number of hydrogen-bond donors (Lipinski definition) is 1. The maximum absolute atomic E-state index is 13.0. The largest absolute Gasteiger partial charge is 0.497 e. The molecule has 0 saturated carbocycles. The summed E-state index contributed by atoms with van der Waals surface area (Å²) in [4.78, 5) is 22.3. The van der Waals surface area contributed by atoms with E-state index in [2.05, 4.69) is 73.8 Å². The lowest BCUT2D eigenvalue weighted by atomic mass is 9.95. The molecule has 1 fully saturated rings. The summed E-state index contributed by atoms with van der Waals surface area (Å²) in [6.45, 7) is 5.80. The molecule has 8 heteroatoms. The molecule has 0 radical (unpaired) electrons. The Morgan fingerprint density at radius 2 is 1.71 bits per heavy atom. The van der Waals surface area contributed by atoms with Crippen LogP contribution in [-0.2, 0) is 37.4 Å². The molecular formula is C33H37N5O3. The fourth-order valence-corrected chi connectivity index (χ4v) is 5.84. The van der Waals surface area contributed by atoms with Gasteiger partial charge in [-0.15, -0.1) is 0 Å². The van der Waals surface area contributed by atoms with Crippen molar-refractivity contribution < 1.29 is 14.1 Å². The monoisotopic (exact) mass is 551 g/mol. The van der Waals surface area contributed by atoms with Gasteiger partial charge in [-0.2, -0.15) is 4.98 Å². The van der Waals surface area contributed by atoms with E-state index in [-0.39, 0.29) is 11.8 Å². The molecule has 0 atom stereocenters. The lowest BCUT2D eigenvalue weighted by Gasteiger charge is -2.30. The first-order valence-electron chi connectivity index (χ1n) is 14.5. The summed E-state index contributed by atoms with van der Waals surface area (Å²) >= 11 is 0. The van der Waals surface area contributed by atoms with Crippen molar-refractivity contribution in [1.29, 1.82) is 0 Å². The Morgan fingerprint density at radius 1 is 0.927 bits per heavy atom. The summed E-state index contributed by atoms with van der Waals surface area (Å²) < 4.78 is 10.7. The molecule has 1 amide bonds. The van der Waals surface area contributed by atoms with Gasteiger partial charge in [0.2, 0.25) is 17.6 Å². The number of aromatic nitrogens is 2. The standard InChI is InChI=1S/C33H37N5O3/c1-40-30-11-9-27(10-12-30)32-35-31(41-36-32)23-37-16-14-28(15-17-37)33(39)34-20-24-5-4-6-25(19-24)21-38-18-13-26-7-2-3-8-29(26)22-38/h2-12,19,28H,13-18,20-23H2,1H3,(H,34,39). The second-order valence-corrected chi connectivity index (χ2v) is 11.1. The van der Waals surface area contributed by atoms with Crippen molar-refractivity contribution >= 4 is 5.91 Å². The Morgan fingerprint density at radius 3 is 2.51 bits per heavy atom. The van der Waals surface area contributed by atoms with Crippen LogP contribution in [0.3, 0.4) is 0 Å². The summed E-state index contributed by atoms with van der Waals surface area (Å²) in [5.41, 5.74) is 6.23. The molecule has 3 heterocycles. The van der Waals surface area contributed by atoms with Gasteiger partial charge in [0.25, 0.3) is 0 Å². The second-order valence-electron chi connectivity index (χ2n) is 11.1. The molecule has 1 aromatic heterocycles. The molecule has 8 nitrogen and oxygen atoms in total. The van der Waals surface area contributed by atoms with Crippen molar-refractivity contribution in [3.05, 3.63) is 101 Å². The molecule has 3 aromatic carbocycles. The molecule has 2 aliphatic heterocycles. The van der Waals surface area contributed by atoms with Crippen LogP contribution in [0.15, 0.2) is 77.3 Å². The minimum absolute atomic E-state index is 0.0281. The molecule has 0 aliphatic carbocycles. The molecule has 1 N–H and O–H groups in total. The highest BCUT2D eigenvalue weighted by Crippen LogP contribution is 2.23. The second kappa shape index (κ2) is 12.7. The number of carbonyl (C=O) groups is 1. The van der Waals surface area contributed by atoms with E-state index in [0.717, 1.165) is 68.9 Å². The number of nitrogens with zero attached hydrogens (tertiary/aromatic N) is 4. The summed E-state index contributed by atoms with van der Waals surface area (Å²) in [5.74, 6) is 2.12. The first-order valence-corrected chi connectivity index (χ1v) is 14.5. The normalized spacial score (nSPS) is 16.3. The highest BCUT2D eigenvalue weighted by atomic mass is 16.5. The number of amides is 1. The summed E-state index contributed by atoms with van der Waals surface area (Å²) in [6.07, 6.45) is 2.74. The van der Waals surface area contributed by atoms with Gasteiger partial charge in [0.1, 0.15) is 5.75 Å². The number of methoxy groups -OCH3 is 1. The van der Waals surface area contributed by atoms with E-state index < -0.39 is 0 Å². The lowest BCUT2D eigenvalue weighted by Crippen LogP contribution is -2.40. The SMILES string of the molecule is COc1ccc(-c2noc(CN3CCC(C(=O)NCc4cccc(CN5CCc6ccccc6C5)c4)CC3)n2)cc1. The van der Waals surface area contributed by atoms with Gasteiger partial charge in [-0.05, 0) is 78.9 Å². The van der Waals surface area contributed by atoms with Crippen molar-refractivity contribution in [2.45, 2.75) is 45.4 Å². The average molecular weight is 552 g/mol. The van der Waals surface area contributed by atoms with Crippen molar-refractivity contribution in [2.75, 3.05) is 26.7 Å². The van der Waals surface area contributed by atoms with Crippen LogP contribution in [0, 0.1) is 5.92 Å². The van der Waals surface area contributed by atoms with E-state index in [1.165, 1.54) is 16.7 Å². The van der Waals surface area contributed by atoms with E-state index in [4.69, 9.17) is 9.26 Å². The quantitative estimate of drug-likeness (QED) is 0.319. The third-order valence-corrected chi connectivity index (χ3v) is 8.21. The van der Waals surface area contributed by atoms with Crippen LogP contribution in [-0.4, -0.2) is 52.6 Å². The number of fused-ring (bicyclic) bond motifs is 1. The van der Waals surface area contributed by atoms with Crippen LogP contribution >= 0.6 is 0 Å². The zero-order valence-electron chi connectivity index (χ0n) is 23.6. The van der Waals surface area contributed by atoms with Crippen LogP contribution in [0.2, 0.25) is 0 Å². The number of nitrogens with one attached hydrogen (secondary N) is 1. The van der Waals surface area contributed by atoms with Crippen molar-refractivity contribution in [1.82, 2.24) is 25.3 Å². The van der Waals surface area contributed by atoms with Crippen molar-refractivity contribution in [2.24, 2.45) is 5.92 Å². The van der Waals surface area contributed by atoms with E-state index in [1.54, 1.807) is 7.11 Å². The lowest BCUT2D eigenvalue weighted by molar-refractivity contribution is -0.126. The van der Waals surface area contributed by atoms with Gasteiger partial charge in [0.15, 0.2) is 0 Å². The molecule has 0 unspecified atom stereocenters. The number of benzene rings is 3. The van der Waals surface area contributed by atoms with Gasteiger partial charge in [-0.25, -0.2) is 0 Å². The van der Waals surface area contributed by atoms with Gasteiger partial charge < -0.3 is 14.6 Å². The van der Waals surface area contributed by atoms with Crippen LogP contribution in [0.25, 0.3) is 11.4 Å².